The number of nitrogens with one attached hydrogen (secondary N) is 2. The molecule has 0 radical (unpaired) electrons. The first-order chi connectivity index (χ1) is 4.75. The van der Waals surface area contributed by atoms with Crippen molar-refractivity contribution >= 4 is 0 Å². The zero-order valence-electron chi connectivity index (χ0n) is 6.44. The van der Waals surface area contributed by atoms with Crippen molar-refractivity contribution in [2.45, 2.75) is 0 Å². The van der Waals surface area contributed by atoms with Gasteiger partial charge < -0.3 is 15.5 Å². The summed E-state index contributed by atoms with van der Waals surface area (Å²) in [5.74, 6) is 1.07. The SMILES string of the molecule is C=CNC1=C(N(C)C)CN1. The summed E-state index contributed by atoms with van der Waals surface area (Å²) in [4.78, 5) is 2.09. The number of likely N-dealkylation sites (N-methyl/N-ethyl adjacent to an activating group) is 1. The van der Waals surface area contributed by atoms with E-state index in [0.717, 1.165) is 12.4 Å². The van der Waals surface area contributed by atoms with Gasteiger partial charge in [-0.2, -0.15) is 0 Å². The summed E-state index contributed by atoms with van der Waals surface area (Å²) in [6.07, 6.45) is 1.67. The first-order valence-electron chi connectivity index (χ1n) is 3.27. The molecule has 2 N–H and O–H groups in total. The van der Waals surface area contributed by atoms with E-state index in [1.807, 2.05) is 14.1 Å². The maximum absolute atomic E-state index is 3.57. The van der Waals surface area contributed by atoms with Crippen molar-refractivity contribution in [2.75, 3.05) is 20.6 Å². The monoisotopic (exact) mass is 139 g/mol. The van der Waals surface area contributed by atoms with Crippen molar-refractivity contribution in [1.29, 1.82) is 0 Å². The number of rotatable bonds is 3. The summed E-state index contributed by atoms with van der Waals surface area (Å²) >= 11 is 0. The second-order valence-corrected chi connectivity index (χ2v) is 2.42. The van der Waals surface area contributed by atoms with Crippen LogP contribution in [0.3, 0.4) is 0 Å². The van der Waals surface area contributed by atoms with Crippen LogP contribution in [-0.4, -0.2) is 25.5 Å². The molecule has 0 aliphatic carbocycles. The lowest BCUT2D eigenvalue weighted by molar-refractivity contribution is 0.434. The summed E-state index contributed by atoms with van der Waals surface area (Å²) in [6, 6.07) is 0. The Morgan fingerprint density at radius 1 is 1.70 bits per heavy atom. The van der Waals surface area contributed by atoms with Gasteiger partial charge in [0.1, 0.15) is 5.82 Å². The van der Waals surface area contributed by atoms with Gasteiger partial charge in [-0.25, -0.2) is 0 Å². The van der Waals surface area contributed by atoms with Crippen molar-refractivity contribution in [1.82, 2.24) is 15.5 Å². The molecule has 0 aromatic rings. The van der Waals surface area contributed by atoms with Crippen molar-refractivity contribution in [3.8, 4) is 0 Å². The fourth-order valence-electron chi connectivity index (χ4n) is 0.874. The summed E-state index contributed by atoms with van der Waals surface area (Å²) in [5, 5.41) is 6.14. The highest BCUT2D eigenvalue weighted by Gasteiger charge is 2.16. The van der Waals surface area contributed by atoms with Gasteiger partial charge in [0.05, 0.1) is 12.2 Å². The fourth-order valence-corrected chi connectivity index (χ4v) is 0.874. The summed E-state index contributed by atoms with van der Waals surface area (Å²) in [6.45, 7) is 4.52. The molecule has 0 saturated carbocycles. The van der Waals surface area contributed by atoms with Crippen LogP contribution in [0.5, 0.6) is 0 Å². The minimum Gasteiger partial charge on any atom is -0.377 e. The standard InChI is InChI=1S/C7H13N3/c1-4-8-7-6(5-9-7)10(2)3/h4,8-9H,1,5H2,2-3H3. The predicted molar refractivity (Wildman–Crippen MR) is 42.0 cm³/mol. The molecule has 3 heteroatoms. The van der Waals surface area contributed by atoms with E-state index in [2.05, 4.69) is 22.1 Å². The molecule has 0 unspecified atom stereocenters. The van der Waals surface area contributed by atoms with E-state index in [1.165, 1.54) is 5.70 Å². The van der Waals surface area contributed by atoms with Gasteiger partial charge in [0.2, 0.25) is 0 Å². The van der Waals surface area contributed by atoms with E-state index in [-0.39, 0.29) is 0 Å². The van der Waals surface area contributed by atoms with Crippen LogP contribution in [0.2, 0.25) is 0 Å². The van der Waals surface area contributed by atoms with Gasteiger partial charge in [-0.3, -0.25) is 0 Å². The molecule has 0 atom stereocenters. The molecule has 3 nitrogen and oxygen atoms in total. The molecule has 10 heavy (non-hydrogen) atoms. The van der Waals surface area contributed by atoms with Crippen molar-refractivity contribution in [2.24, 2.45) is 0 Å². The smallest absolute Gasteiger partial charge is 0.125 e. The molecule has 0 bridgehead atoms. The van der Waals surface area contributed by atoms with Crippen molar-refractivity contribution in [3.05, 3.63) is 24.3 Å². The lowest BCUT2D eigenvalue weighted by Crippen LogP contribution is -2.42. The zero-order chi connectivity index (χ0) is 7.56. The fraction of sp³-hybridized carbons (Fsp3) is 0.429. The van der Waals surface area contributed by atoms with E-state index in [9.17, 15) is 0 Å². The quantitative estimate of drug-likeness (QED) is 0.578. The van der Waals surface area contributed by atoms with E-state index in [1.54, 1.807) is 6.20 Å². The van der Waals surface area contributed by atoms with Crippen LogP contribution in [0, 0.1) is 0 Å². The Bertz CT molecular complexity index is 170. The first-order valence-corrected chi connectivity index (χ1v) is 3.27. The Kier molecular flexibility index (Phi) is 1.85. The van der Waals surface area contributed by atoms with Crippen LogP contribution >= 0.6 is 0 Å². The van der Waals surface area contributed by atoms with E-state index < -0.39 is 0 Å². The first kappa shape index (κ1) is 6.99. The van der Waals surface area contributed by atoms with Crippen molar-refractivity contribution < 1.29 is 0 Å². The third kappa shape index (κ3) is 1.07. The molecule has 0 spiro atoms. The second kappa shape index (κ2) is 2.64. The third-order valence-corrected chi connectivity index (χ3v) is 1.51. The minimum absolute atomic E-state index is 0.948. The summed E-state index contributed by atoms with van der Waals surface area (Å²) in [7, 11) is 4.06. The molecule has 1 aliphatic heterocycles. The van der Waals surface area contributed by atoms with Gasteiger partial charge >= 0.3 is 0 Å². The van der Waals surface area contributed by atoms with Gasteiger partial charge in [-0.1, -0.05) is 6.58 Å². The number of hydrogen-bond donors (Lipinski definition) is 2. The molecule has 0 fully saturated rings. The Morgan fingerprint density at radius 3 is 2.70 bits per heavy atom. The van der Waals surface area contributed by atoms with Gasteiger partial charge in [0.15, 0.2) is 0 Å². The van der Waals surface area contributed by atoms with Gasteiger partial charge in [-0.15, -0.1) is 0 Å². The van der Waals surface area contributed by atoms with E-state index in [0.29, 0.717) is 0 Å². The molecule has 56 valence electrons. The molecule has 0 aromatic carbocycles. The van der Waals surface area contributed by atoms with Crippen LogP contribution in [-0.2, 0) is 0 Å². The van der Waals surface area contributed by atoms with Gasteiger partial charge in [-0.05, 0) is 6.20 Å². The van der Waals surface area contributed by atoms with Crippen LogP contribution < -0.4 is 10.6 Å². The molecular formula is C7H13N3. The molecular weight excluding hydrogens is 126 g/mol. The Balaban J connectivity index is 2.57. The summed E-state index contributed by atoms with van der Waals surface area (Å²) in [5.41, 5.74) is 1.29. The molecule has 1 aliphatic rings. The van der Waals surface area contributed by atoms with Crippen LogP contribution in [0.1, 0.15) is 0 Å². The predicted octanol–water partition coefficient (Wildman–Crippen LogP) is 0.0534. The molecule has 1 rings (SSSR count). The summed E-state index contributed by atoms with van der Waals surface area (Å²) < 4.78 is 0. The Hall–Kier alpha value is -1.12. The number of hydrogen-bond acceptors (Lipinski definition) is 3. The largest absolute Gasteiger partial charge is 0.377 e. The highest BCUT2D eigenvalue weighted by atomic mass is 15.2. The van der Waals surface area contributed by atoms with Gasteiger partial charge in [0, 0.05) is 14.1 Å². The van der Waals surface area contributed by atoms with E-state index in [4.69, 9.17) is 0 Å². The lowest BCUT2D eigenvalue weighted by atomic mass is 10.3. The van der Waals surface area contributed by atoms with Gasteiger partial charge in [0.25, 0.3) is 0 Å². The average molecular weight is 139 g/mol. The van der Waals surface area contributed by atoms with Crippen LogP contribution in [0.25, 0.3) is 0 Å². The molecule has 0 saturated heterocycles. The van der Waals surface area contributed by atoms with Crippen molar-refractivity contribution in [3.63, 3.8) is 0 Å². The molecule has 0 aromatic heterocycles. The second-order valence-electron chi connectivity index (χ2n) is 2.42. The van der Waals surface area contributed by atoms with E-state index >= 15 is 0 Å². The number of nitrogens with zero attached hydrogens (tertiary/aromatic N) is 1. The van der Waals surface area contributed by atoms with Crippen LogP contribution in [0.4, 0.5) is 0 Å². The maximum Gasteiger partial charge on any atom is 0.125 e. The maximum atomic E-state index is 3.57. The highest BCUT2D eigenvalue weighted by Crippen LogP contribution is 2.09. The normalized spacial score (nSPS) is 15.4. The minimum atomic E-state index is 0.948. The average Bonchev–Trinajstić information content (AvgIpc) is 1.78. The molecule has 0 amide bonds. The Morgan fingerprint density at radius 2 is 2.40 bits per heavy atom. The third-order valence-electron chi connectivity index (χ3n) is 1.51. The highest BCUT2D eigenvalue weighted by molar-refractivity contribution is 5.21. The zero-order valence-corrected chi connectivity index (χ0v) is 6.44. The van der Waals surface area contributed by atoms with Crippen LogP contribution in [0.15, 0.2) is 24.3 Å². The Labute approximate surface area is 61.4 Å². The lowest BCUT2D eigenvalue weighted by Gasteiger charge is -2.30. The topological polar surface area (TPSA) is 27.3 Å². The molecule has 1 heterocycles.